The lowest BCUT2D eigenvalue weighted by molar-refractivity contribution is 0.340. The summed E-state index contributed by atoms with van der Waals surface area (Å²) >= 11 is 0. The van der Waals surface area contributed by atoms with E-state index in [2.05, 4.69) is 0 Å². The number of benzene rings is 2. The van der Waals surface area contributed by atoms with Crippen LogP contribution in [0.25, 0.3) is 33.1 Å². The molecule has 130 valence electrons. The molecule has 0 radical (unpaired) electrons. The van der Waals surface area contributed by atoms with Gasteiger partial charge < -0.3 is 13.6 Å². The maximum Gasteiger partial charge on any atom is 0.344 e. The second kappa shape index (κ2) is 6.19. The van der Waals surface area contributed by atoms with Crippen LogP contribution >= 0.6 is 0 Å². The van der Waals surface area contributed by atoms with E-state index in [1.807, 2.05) is 38.1 Å². The smallest absolute Gasteiger partial charge is 0.344 e. The summed E-state index contributed by atoms with van der Waals surface area (Å²) in [6.07, 6.45) is 0. The van der Waals surface area contributed by atoms with E-state index in [4.69, 9.17) is 13.6 Å². The van der Waals surface area contributed by atoms with E-state index in [-0.39, 0.29) is 0 Å². The molecule has 4 rings (SSSR count). The van der Waals surface area contributed by atoms with E-state index in [1.165, 1.54) is 6.07 Å². The maximum atomic E-state index is 12.6. The van der Waals surface area contributed by atoms with Gasteiger partial charge in [-0.05, 0) is 37.6 Å². The van der Waals surface area contributed by atoms with Crippen molar-refractivity contribution < 1.29 is 13.6 Å². The monoisotopic (exact) mass is 348 g/mol. The van der Waals surface area contributed by atoms with Crippen LogP contribution in [-0.4, -0.2) is 6.61 Å². The lowest BCUT2D eigenvalue weighted by atomic mass is 10.0. The summed E-state index contributed by atoms with van der Waals surface area (Å²) in [4.78, 5) is 24.4. The molecule has 2 heterocycles. The van der Waals surface area contributed by atoms with Crippen LogP contribution in [0.4, 0.5) is 0 Å². The van der Waals surface area contributed by atoms with Gasteiger partial charge in [-0.3, -0.25) is 0 Å². The molecule has 2 aromatic carbocycles. The molecule has 5 heteroatoms. The van der Waals surface area contributed by atoms with Gasteiger partial charge in [0.1, 0.15) is 16.9 Å². The summed E-state index contributed by atoms with van der Waals surface area (Å²) in [5.74, 6) is 0.641. The van der Waals surface area contributed by atoms with Crippen LogP contribution in [0.5, 0.6) is 5.75 Å². The Hall–Kier alpha value is -3.34. The lowest BCUT2D eigenvalue weighted by Gasteiger charge is -2.08. The van der Waals surface area contributed by atoms with Gasteiger partial charge in [0.05, 0.1) is 12.2 Å². The molecule has 0 spiro atoms. The van der Waals surface area contributed by atoms with Crippen molar-refractivity contribution in [2.75, 3.05) is 6.61 Å². The summed E-state index contributed by atoms with van der Waals surface area (Å²) in [5.41, 5.74) is 1.56. The van der Waals surface area contributed by atoms with Gasteiger partial charge in [0.15, 0.2) is 0 Å². The summed E-state index contributed by atoms with van der Waals surface area (Å²) in [6.45, 7) is 4.25. The van der Waals surface area contributed by atoms with Crippen molar-refractivity contribution in [3.63, 3.8) is 0 Å². The zero-order valence-electron chi connectivity index (χ0n) is 14.4. The van der Waals surface area contributed by atoms with Gasteiger partial charge in [0.2, 0.25) is 0 Å². The highest BCUT2D eigenvalue weighted by molar-refractivity contribution is 5.95. The normalized spacial score (nSPS) is 11.2. The third-order valence-electron chi connectivity index (χ3n) is 4.29. The van der Waals surface area contributed by atoms with E-state index in [1.54, 1.807) is 18.2 Å². The van der Waals surface area contributed by atoms with Gasteiger partial charge in [-0.2, -0.15) is 0 Å². The van der Waals surface area contributed by atoms with Gasteiger partial charge in [-0.25, -0.2) is 9.59 Å². The van der Waals surface area contributed by atoms with Gasteiger partial charge >= 0.3 is 11.3 Å². The van der Waals surface area contributed by atoms with Crippen molar-refractivity contribution in [3.05, 3.63) is 74.9 Å². The SMILES string of the molecule is CCOc1ccc2cc(-c3cccc4c(C)cc(=O)oc34)c(=O)oc2c1. The third-order valence-corrected chi connectivity index (χ3v) is 4.29. The van der Waals surface area contributed by atoms with Crippen LogP contribution in [-0.2, 0) is 0 Å². The van der Waals surface area contributed by atoms with Gasteiger partial charge in [0.25, 0.3) is 0 Å². The van der Waals surface area contributed by atoms with Crippen LogP contribution in [0.1, 0.15) is 12.5 Å². The van der Waals surface area contributed by atoms with Crippen molar-refractivity contribution in [1.29, 1.82) is 0 Å². The Bertz CT molecular complexity index is 1250. The highest BCUT2D eigenvalue weighted by atomic mass is 16.5. The average Bonchev–Trinajstić information content (AvgIpc) is 2.61. The Morgan fingerprint density at radius 2 is 1.81 bits per heavy atom. The number of aryl methyl sites for hydroxylation is 1. The second-order valence-corrected chi connectivity index (χ2v) is 6.01. The topological polar surface area (TPSA) is 69.7 Å². The zero-order valence-corrected chi connectivity index (χ0v) is 14.4. The van der Waals surface area contributed by atoms with Crippen LogP contribution in [0.15, 0.2) is 67.0 Å². The number of rotatable bonds is 3. The van der Waals surface area contributed by atoms with E-state index in [0.717, 1.165) is 16.3 Å². The quantitative estimate of drug-likeness (QED) is 0.517. The first-order valence-electron chi connectivity index (χ1n) is 8.31. The fourth-order valence-electron chi connectivity index (χ4n) is 3.09. The lowest BCUT2D eigenvalue weighted by Crippen LogP contribution is -2.05. The first-order chi connectivity index (χ1) is 12.6. The molecule has 0 aliphatic heterocycles. The summed E-state index contributed by atoms with van der Waals surface area (Å²) in [5, 5.41) is 1.54. The minimum absolute atomic E-state index is 0.348. The number of ether oxygens (including phenoxy) is 1. The molecular formula is C21H16O5. The largest absolute Gasteiger partial charge is 0.494 e. The maximum absolute atomic E-state index is 12.6. The molecule has 0 amide bonds. The van der Waals surface area contributed by atoms with Crippen molar-refractivity contribution >= 4 is 21.9 Å². The summed E-state index contributed by atoms with van der Waals surface area (Å²) < 4.78 is 16.3. The molecular weight excluding hydrogens is 332 g/mol. The number of hydrogen-bond donors (Lipinski definition) is 0. The van der Waals surface area contributed by atoms with Crippen molar-refractivity contribution in [1.82, 2.24) is 0 Å². The van der Waals surface area contributed by atoms with Crippen LogP contribution in [0.2, 0.25) is 0 Å². The molecule has 0 saturated carbocycles. The van der Waals surface area contributed by atoms with Crippen LogP contribution < -0.4 is 16.0 Å². The predicted molar refractivity (Wildman–Crippen MR) is 99.9 cm³/mol. The molecule has 4 aromatic rings. The highest BCUT2D eigenvalue weighted by Crippen LogP contribution is 2.30. The Labute approximate surface area is 148 Å². The zero-order chi connectivity index (χ0) is 18.3. The number of fused-ring (bicyclic) bond motifs is 2. The molecule has 0 bridgehead atoms. The molecule has 0 N–H and O–H groups in total. The third kappa shape index (κ3) is 2.67. The molecule has 0 aliphatic rings. The van der Waals surface area contributed by atoms with Gasteiger partial charge in [-0.1, -0.05) is 18.2 Å². The molecule has 0 fully saturated rings. The van der Waals surface area contributed by atoms with Crippen molar-refractivity contribution in [2.24, 2.45) is 0 Å². The van der Waals surface area contributed by atoms with Gasteiger partial charge in [0, 0.05) is 28.5 Å². The van der Waals surface area contributed by atoms with Crippen LogP contribution in [0.3, 0.4) is 0 Å². The van der Waals surface area contributed by atoms with Gasteiger partial charge in [-0.15, -0.1) is 0 Å². The minimum Gasteiger partial charge on any atom is -0.494 e. The first kappa shape index (κ1) is 16.1. The van der Waals surface area contributed by atoms with Crippen molar-refractivity contribution in [3.8, 4) is 16.9 Å². The molecule has 26 heavy (non-hydrogen) atoms. The molecule has 0 aliphatic carbocycles. The van der Waals surface area contributed by atoms with E-state index in [0.29, 0.717) is 34.6 Å². The number of hydrogen-bond acceptors (Lipinski definition) is 5. The predicted octanol–water partition coefficient (Wildman–Crippen LogP) is 4.27. The fraction of sp³-hybridized carbons (Fsp3) is 0.143. The van der Waals surface area contributed by atoms with E-state index >= 15 is 0 Å². The summed E-state index contributed by atoms with van der Waals surface area (Å²) in [6, 6.07) is 14.0. The standard InChI is InChI=1S/C21H16O5/c1-3-24-14-8-7-13-10-17(21(23)25-18(13)11-14)16-6-4-5-15-12(2)9-19(22)26-20(15)16/h4-11H,3H2,1-2H3. The minimum atomic E-state index is -0.497. The Morgan fingerprint density at radius 3 is 2.62 bits per heavy atom. The first-order valence-corrected chi connectivity index (χ1v) is 8.31. The van der Waals surface area contributed by atoms with Crippen molar-refractivity contribution in [2.45, 2.75) is 13.8 Å². The summed E-state index contributed by atoms with van der Waals surface area (Å²) in [7, 11) is 0. The van der Waals surface area contributed by atoms with Crippen LogP contribution in [0, 0.1) is 6.92 Å². The Kier molecular flexibility index (Phi) is 3.84. The Morgan fingerprint density at radius 1 is 0.962 bits per heavy atom. The molecule has 0 unspecified atom stereocenters. The molecule has 2 aromatic heterocycles. The van der Waals surface area contributed by atoms with E-state index in [9.17, 15) is 9.59 Å². The molecule has 0 atom stereocenters. The molecule has 5 nitrogen and oxygen atoms in total. The Balaban J connectivity index is 1.99. The average molecular weight is 348 g/mol. The van der Waals surface area contributed by atoms with E-state index < -0.39 is 11.3 Å². The second-order valence-electron chi connectivity index (χ2n) is 6.01. The number of para-hydroxylation sites is 1. The fourth-order valence-corrected chi connectivity index (χ4v) is 3.09. The molecule has 0 saturated heterocycles. The highest BCUT2D eigenvalue weighted by Gasteiger charge is 2.14.